The molecule has 2 atom stereocenters. The molecule has 6 heteroatoms. The number of rotatable bonds is 44. The number of unbranched alkanes of at least 4 members (excludes halogenated alkanes) is 28. The van der Waals surface area contributed by atoms with Crippen LogP contribution in [0.3, 0.4) is 0 Å². The summed E-state index contributed by atoms with van der Waals surface area (Å²) in [5.41, 5.74) is 0. The first-order chi connectivity index (χ1) is 27.3. The molecule has 0 rings (SSSR count). The van der Waals surface area contributed by atoms with E-state index in [1.165, 1.54) is 161 Å². The van der Waals surface area contributed by atoms with E-state index in [1.807, 2.05) is 0 Å². The van der Waals surface area contributed by atoms with Crippen LogP contribution in [0, 0.1) is 11.8 Å². The molecule has 0 aromatic rings. The van der Waals surface area contributed by atoms with Gasteiger partial charge in [-0.3, -0.25) is 14.4 Å². The normalized spacial score (nSPS) is 12.5. The molecule has 0 aromatic carbocycles. The quantitative estimate of drug-likeness (QED) is 0.0347. The third kappa shape index (κ3) is 42.0. The van der Waals surface area contributed by atoms with Gasteiger partial charge in [-0.15, -0.1) is 0 Å². The van der Waals surface area contributed by atoms with Gasteiger partial charge >= 0.3 is 17.9 Å². The Bertz CT molecular complexity index is 856. The van der Waals surface area contributed by atoms with Crippen LogP contribution >= 0.6 is 0 Å². The second-order valence-corrected chi connectivity index (χ2v) is 17.8. The summed E-state index contributed by atoms with van der Waals surface area (Å²) in [5, 5.41) is 0. The molecule has 0 aromatic heterocycles. The van der Waals surface area contributed by atoms with Gasteiger partial charge in [0, 0.05) is 19.3 Å². The molecule has 0 fully saturated rings. The van der Waals surface area contributed by atoms with Crippen molar-refractivity contribution in [3.8, 4) is 0 Å². The average Bonchev–Trinajstić information content (AvgIpc) is 3.18. The van der Waals surface area contributed by atoms with Crippen molar-refractivity contribution in [3.63, 3.8) is 0 Å². The van der Waals surface area contributed by atoms with Crippen molar-refractivity contribution in [3.05, 3.63) is 0 Å². The maximum atomic E-state index is 12.8. The van der Waals surface area contributed by atoms with Gasteiger partial charge in [0.15, 0.2) is 6.10 Å². The summed E-state index contributed by atoms with van der Waals surface area (Å²) in [6, 6.07) is 0. The second kappa shape index (κ2) is 43.0. The van der Waals surface area contributed by atoms with E-state index in [9.17, 15) is 14.4 Å². The summed E-state index contributed by atoms with van der Waals surface area (Å²) in [4.78, 5) is 37.8. The standard InChI is InChI=1S/C50H96O6/c1-6-8-9-10-11-12-17-21-24-30-35-40-48(51)54-43-47(44-55-49(52)41-36-31-27-26-28-33-38-45(3)4)56-50(53)42-37-32-25-22-19-16-14-13-15-18-20-23-29-34-39-46(5)7-2/h45-47H,6-44H2,1-5H3/t46?,47-/m0/s1. The zero-order valence-corrected chi connectivity index (χ0v) is 38.3. The molecule has 332 valence electrons. The van der Waals surface area contributed by atoms with E-state index in [-0.39, 0.29) is 31.1 Å². The van der Waals surface area contributed by atoms with Crippen molar-refractivity contribution in [2.45, 2.75) is 278 Å². The lowest BCUT2D eigenvalue weighted by molar-refractivity contribution is -0.167. The summed E-state index contributed by atoms with van der Waals surface area (Å²) < 4.78 is 16.7. The topological polar surface area (TPSA) is 78.9 Å². The molecule has 56 heavy (non-hydrogen) atoms. The Morgan fingerprint density at radius 3 is 1.02 bits per heavy atom. The summed E-state index contributed by atoms with van der Waals surface area (Å²) in [7, 11) is 0. The molecule has 0 N–H and O–H groups in total. The van der Waals surface area contributed by atoms with Crippen LogP contribution in [-0.2, 0) is 28.6 Å². The van der Waals surface area contributed by atoms with Crippen LogP contribution in [0.4, 0.5) is 0 Å². The summed E-state index contributed by atoms with van der Waals surface area (Å²) in [6.07, 6.45) is 42.4. The fourth-order valence-electron chi connectivity index (χ4n) is 7.43. The van der Waals surface area contributed by atoms with Crippen LogP contribution < -0.4 is 0 Å². The average molecular weight is 793 g/mol. The molecule has 0 saturated heterocycles. The number of esters is 3. The molecule has 0 radical (unpaired) electrons. The van der Waals surface area contributed by atoms with Crippen LogP contribution in [0.15, 0.2) is 0 Å². The number of carbonyl (C=O) groups excluding carboxylic acids is 3. The first-order valence-electron chi connectivity index (χ1n) is 24.8. The third-order valence-electron chi connectivity index (χ3n) is 11.6. The Hall–Kier alpha value is -1.59. The Morgan fingerprint density at radius 2 is 0.679 bits per heavy atom. The van der Waals surface area contributed by atoms with Gasteiger partial charge in [0.1, 0.15) is 13.2 Å². The van der Waals surface area contributed by atoms with Crippen molar-refractivity contribution < 1.29 is 28.6 Å². The third-order valence-corrected chi connectivity index (χ3v) is 11.6. The Morgan fingerprint density at radius 1 is 0.375 bits per heavy atom. The minimum absolute atomic E-state index is 0.0648. The van der Waals surface area contributed by atoms with Crippen LogP contribution in [0.1, 0.15) is 272 Å². The largest absolute Gasteiger partial charge is 0.462 e. The van der Waals surface area contributed by atoms with Crippen LogP contribution in [-0.4, -0.2) is 37.2 Å². The van der Waals surface area contributed by atoms with E-state index in [0.717, 1.165) is 69.6 Å². The molecular weight excluding hydrogens is 697 g/mol. The molecule has 0 aliphatic carbocycles. The van der Waals surface area contributed by atoms with E-state index in [1.54, 1.807) is 0 Å². The van der Waals surface area contributed by atoms with Gasteiger partial charge in [-0.1, -0.05) is 234 Å². The van der Waals surface area contributed by atoms with Crippen molar-refractivity contribution >= 4 is 17.9 Å². The second-order valence-electron chi connectivity index (χ2n) is 17.8. The van der Waals surface area contributed by atoms with E-state index in [2.05, 4.69) is 34.6 Å². The van der Waals surface area contributed by atoms with Crippen LogP contribution in [0.5, 0.6) is 0 Å². The highest BCUT2D eigenvalue weighted by Gasteiger charge is 2.19. The number of ether oxygens (including phenoxy) is 3. The van der Waals surface area contributed by atoms with E-state index in [4.69, 9.17) is 14.2 Å². The molecule has 0 heterocycles. The van der Waals surface area contributed by atoms with E-state index < -0.39 is 6.10 Å². The van der Waals surface area contributed by atoms with Crippen molar-refractivity contribution in [2.75, 3.05) is 13.2 Å². The molecule has 0 amide bonds. The van der Waals surface area contributed by atoms with Gasteiger partial charge in [0.25, 0.3) is 0 Å². The molecular formula is C50H96O6. The highest BCUT2D eigenvalue weighted by atomic mass is 16.6. The van der Waals surface area contributed by atoms with Gasteiger partial charge in [-0.25, -0.2) is 0 Å². The zero-order valence-electron chi connectivity index (χ0n) is 38.3. The Balaban J connectivity index is 4.26. The predicted octanol–water partition coefficient (Wildman–Crippen LogP) is 15.8. The van der Waals surface area contributed by atoms with E-state index in [0.29, 0.717) is 19.3 Å². The maximum Gasteiger partial charge on any atom is 0.306 e. The lowest BCUT2D eigenvalue weighted by Crippen LogP contribution is -2.30. The lowest BCUT2D eigenvalue weighted by atomic mass is 9.99. The van der Waals surface area contributed by atoms with Crippen molar-refractivity contribution in [1.29, 1.82) is 0 Å². The molecule has 6 nitrogen and oxygen atoms in total. The summed E-state index contributed by atoms with van der Waals surface area (Å²) >= 11 is 0. The highest BCUT2D eigenvalue weighted by Crippen LogP contribution is 2.17. The summed E-state index contributed by atoms with van der Waals surface area (Å²) in [5.74, 6) is 0.801. The summed E-state index contributed by atoms with van der Waals surface area (Å²) in [6.45, 7) is 11.3. The molecule has 0 aliphatic rings. The first-order valence-corrected chi connectivity index (χ1v) is 24.8. The predicted molar refractivity (Wildman–Crippen MR) is 238 cm³/mol. The minimum atomic E-state index is -0.761. The monoisotopic (exact) mass is 793 g/mol. The van der Waals surface area contributed by atoms with Crippen LogP contribution in [0.2, 0.25) is 0 Å². The Kier molecular flexibility index (Phi) is 41.8. The fraction of sp³-hybridized carbons (Fsp3) is 0.940. The van der Waals surface area contributed by atoms with Gasteiger partial charge in [-0.2, -0.15) is 0 Å². The zero-order chi connectivity index (χ0) is 41.2. The molecule has 1 unspecified atom stereocenters. The Labute approximate surface area is 348 Å². The van der Waals surface area contributed by atoms with Gasteiger partial charge in [0.05, 0.1) is 0 Å². The van der Waals surface area contributed by atoms with Gasteiger partial charge in [-0.05, 0) is 31.1 Å². The maximum absolute atomic E-state index is 12.8. The van der Waals surface area contributed by atoms with Crippen molar-refractivity contribution in [2.24, 2.45) is 11.8 Å². The molecule has 0 bridgehead atoms. The van der Waals surface area contributed by atoms with Crippen molar-refractivity contribution in [1.82, 2.24) is 0 Å². The highest BCUT2D eigenvalue weighted by molar-refractivity contribution is 5.71. The van der Waals surface area contributed by atoms with Gasteiger partial charge < -0.3 is 14.2 Å². The smallest absolute Gasteiger partial charge is 0.306 e. The fourth-order valence-corrected chi connectivity index (χ4v) is 7.43. The molecule has 0 saturated carbocycles. The molecule has 0 spiro atoms. The van der Waals surface area contributed by atoms with Crippen LogP contribution in [0.25, 0.3) is 0 Å². The number of carbonyl (C=O) groups is 3. The van der Waals surface area contributed by atoms with Gasteiger partial charge in [0.2, 0.25) is 0 Å². The number of hydrogen-bond donors (Lipinski definition) is 0. The number of hydrogen-bond acceptors (Lipinski definition) is 6. The SMILES string of the molecule is CCCCCCCCCCCCCC(=O)OC[C@@H](COC(=O)CCCCCCCCC(C)C)OC(=O)CCCCCCCCCCCCCCCCC(C)CC. The van der Waals surface area contributed by atoms with E-state index >= 15 is 0 Å². The molecule has 0 aliphatic heterocycles. The lowest BCUT2D eigenvalue weighted by Gasteiger charge is -2.18. The minimum Gasteiger partial charge on any atom is -0.462 e. The first kappa shape index (κ1) is 54.4.